The maximum absolute atomic E-state index is 13.8. The molecule has 2 aromatic heterocycles. The van der Waals surface area contributed by atoms with Crippen LogP contribution >= 0.6 is 0 Å². The zero-order valence-corrected chi connectivity index (χ0v) is 19.7. The van der Waals surface area contributed by atoms with E-state index in [2.05, 4.69) is 4.98 Å². The zero-order valence-electron chi connectivity index (χ0n) is 18.9. The van der Waals surface area contributed by atoms with E-state index in [1.165, 1.54) is 24.4 Å². The fraction of sp³-hybridized carbons (Fsp3) is 0.115. The Labute approximate surface area is 198 Å². The first-order valence-electron chi connectivity index (χ1n) is 10.4. The molecule has 2 heterocycles. The van der Waals surface area contributed by atoms with E-state index in [-0.39, 0.29) is 16.2 Å². The Morgan fingerprint density at radius 1 is 1.06 bits per heavy atom. The molecule has 0 fully saturated rings. The summed E-state index contributed by atoms with van der Waals surface area (Å²) in [5.41, 5.74) is 2.33. The van der Waals surface area contributed by atoms with Crippen molar-refractivity contribution in [3.8, 4) is 17.3 Å². The van der Waals surface area contributed by atoms with Crippen molar-refractivity contribution in [2.45, 2.75) is 11.8 Å². The van der Waals surface area contributed by atoms with Gasteiger partial charge in [-0.05, 0) is 43.3 Å². The first kappa shape index (κ1) is 23.0. The number of nitrogens with zero attached hydrogens (tertiary/aromatic N) is 4. The van der Waals surface area contributed by atoms with Crippen molar-refractivity contribution in [3.63, 3.8) is 0 Å². The van der Waals surface area contributed by atoms with Crippen molar-refractivity contribution in [1.29, 1.82) is 5.26 Å². The van der Waals surface area contributed by atoms with E-state index in [0.717, 1.165) is 9.54 Å². The summed E-state index contributed by atoms with van der Waals surface area (Å²) in [6, 6.07) is 20.5. The molecule has 4 rings (SSSR count). The second-order valence-electron chi connectivity index (χ2n) is 8.05. The molecule has 0 aliphatic heterocycles. The standard InChI is InChI=1S/C26H22N4O3S/c1-18-7-11-22(12-8-18)34(32,33)30-24-14-19(23-6-4-5-13-28-23)9-10-20(24)15-25(30)26(31)21(16-27)17-29(2)3/h4-15,17H,1-3H3. The van der Waals surface area contributed by atoms with Crippen LogP contribution in [0.5, 0.6) is 0 Å². The molecule has 0 radical (unpaired) electrons. The quantitative estimate of drug-likeness (QED) is 0.235. The van der Waals surface area contributed by atoms with Crippen molar-refractivity contribution in [2.24, 2.45) is 0 Å². The number of ketones is 1. The third kappa shape index (κ3) is 4.21. The Morgan fingerprint density at radius 3 is 2.41 bits per heavy atom. The minimum Gasteiger partial charge on any atom is -0.382 e. The second-order valence-corrected chi connectivity index (χ2v) is 9.83. The number of hydrogen-bond acceptors (Lipinski definition) is 6. The van der Waals surface area contributed by atoms with Crippen LogP contribution in [0.1, 0.15) is 16.1 Å². The molecular formula is C26H22N4O3S. The largest absolute Gasteiger partial charge is 0.382 e. The molecule has 170 valence electrons. The number of carbonyl (C=O) groups excluding carboxylic acids is 1. The highest BCUT2D eigenvalue weighted by Crippen LogP contribution is 2.31. The monoisotopic (exact) mass is 470 g/mol. The van der Waals surface area contributed by atoms with Gasteiger partial charge in [-0.3, -0.25) is 9.78 Å². The maximum atomic E-state index is 13.8. The van der Waals surface area contributed by atoms with Gasteiger partial charge >= 0.3 is 0 Å². The summed E-state index contributed by atoms with van der Waals surface area (Å²) >= 11 is 0. The molecule has 0 amide bonds. The number of aromatic nitrogens is 2. The van der Waals surface area contributed by atoms with Gasteiger partial charge in [-0.25, -0.2) is 12.4 Å². The Kier molecular flexibility index (Phi) is 6.05. The van der Waals surface area contributed by atoms with Crippen LogP contribution < -0.4 is 0 Å². The van der Waals surface area contributed by atoms with Gasteiger partial charge in [0.15, 0.2) is 0 Å². The van der Waals surface area contributed by atoms with Gasteiger partial charge in [0.2, 0.25) is 5.78 Å². The second kappa shape index (κ2) is 8.96. The van der Waals surface area contributed by atoms with Crippen LogP contribution in [0, 0.1) is 18.3 Å². The van der Waals surface area contributed by atoms with E-state index < -0.39 is 15.8 Å². The molecule has 0 saturated heterocycles. The average Bonchev–Trinajstić information content (AvgIpc) is 3.22. The van der Waals surface area contributed by atoms with Crippen LogP contribution in [0.3, 0.4) is 0 Å². The fourth-order valence-electron chi connectivity index (χ4n) is 3.64. The number of rotatable bonds is 6. The third-order valence-electron chi connectivity index (χ3n) is 5.27. The summed E-state index contributed by atoms with van der Waals surface area (Å²) in [4.78, 5) is 19.3. The van der Waals surface area contributed by atoms with Crippen molar-refractivity contribution >= 4 is 26.7 Å². The normalized spacial score (nSPS) is 11.9. The first-order chi connectivity index (χ1) is 16.2. The highest BCUT2D eigenvalue weighted by Gasteiger charge is 2.28. The molecule has 0 spiro atoms. The van der Waals surface area contributed by atoms with Gasteiger partial charge in [0.1, 0.15) is 17.3 Å². The van der Waals surface area contributed by atoms with Crippen LogP contribution in [0.15, 0.2) is 89.6 Å². The molecule has 34 heavy (non-hydrogen) atoms. The van der Waals surface area contributed by atoms with Crippen LogP contribution in [0.4, 0.5) is 0 Å². The number of benzene rings is 2. The number of hydrogen-bond donors (Lipinski definition) is 0. The van der Waals surface area contributed by atoms with E-state index >= 15 is 0 Å². The van der Waals surface area contributed by atoms with Gasteiger partial charge in [-0.2, -0.15) is 5.26 Å². The SMILES string of the molecule is Cc1ccc(S(=O)(=O)n2c(C(=O)C(C#N)=CN(C)C)cc3ccc(-c4ccccn4)cc32)cc1. The zero-order chi connectivity index (χ0) is 24.5. The van der Waals surface area contributed by atoms with E-state index in [0.29, 0.717) is 22.2 Å². The molecule has 0 atom stereocenters. The predicted octanol–water partition coefficient (Wildman–Crippen LogP) is 4.40. The molecule has 0 N–H and O–H groups in total. The summed E-state index contributed by atoms with van der Waals surface area (Å²) in [6.45, 7) is 1.86. The van der Waals surface area contributed by atoms with E-state index in [4.69, 9.17) is 0 Å². The van der Waals surface area contributed by atoms with Crippen LogP contribution in [-0.4, -0.2) is 42.2 Å². The summed E-state index contributed by atoms with van der Waals surface area (Å²) in [7, 11) is -0.793. The number of nitriles is 1. The lowest BCUT2D eigenvalue weighted by atomic mass is 10.1. The van der Waals surface area contributed by atoms with E-state index in [9.17, 15) is 18.5 Å². The number of carbonyl (C=O) groups is 1. The number of aryl methyl sites for hydroxylation is 1. The molecule has 0 bridgehead atoms. The number of allylic oxidation sites excluding steroid dienone is 1. The number of Topliss-reactive ketones (excluding diaryl/α,β-unsaturated/α-hetero) is 1. The minimum atomic E-state index is -4.16. The van der Waals surface area contributed by atoms with Crippen molar-refractivity contribution in [1.82, 2.24) is 13.9 Å². The number of pyridine rings is 1. The lowest BCUT2D eigenvalue weighted by Gasteiger charge is -2.13. The Morgan fingerprint density at radius 2 is 1.79 bits per heavy atom. The molecule has 0 unspecified atom stereocenters. The molecular weight excluding hydrogens is 448 g/mol. The number of fused-ring (bicyclic) bond motifs is 1. The summed E-state index contributed by atoms with van der Waals surface area (Å²) < 4.78 is 28.6. The van der Waals surface area contributed by atoms with Crippen LogP contribution in [0.2, 0.25) is 0 Å². The maximum Gasteiger partial charge on any atom is 0.268 e. The predicted molar refractivity (Wildman–Crippen MR) is 131 cm³/mol. The van der Waals surface area contributed by atoms with Gasteiger partial charge in [0.05, 0.1) is 16.1 Å². The van der Waals surface area contributed by atoms with E-state index in [1.54, 1.807) is 55.5 Å². The smallest absolute Gasteiger partial charge is 0.268 e. The van der Waals surface area contributed by atoms with Crippen LogP contribution in [-0.2, 0) is 10.0 Å². The van der Waals surface area contributed by atoms with Crippen LogP contribution in [0.25, 0.3) is 22.2 Å². The van der Waals surface area contributed by atoms with Gasteiger partial charge in [-0.1, -0.05) is 35.9 Å². The third-order valence-corrected chi connectivity index (χ3v) is 7.01. The van der Waals surface area contributed by atoms with Gasteiger partial charge in [0, 0.05) is 37.4 Å². The summed E-state index contributed by atoms with van der Waals surface area (Å²) in [6.07, 6.45) is 3.03. The average molecular weight is 471 g/mol. The molecule has 0 aliphatic carbocycles. The lowest BCUT2D eigenvalue weighted by molar-refractivity contribution is 0.103. The molecule has 8 heteroatoms. The van der Waals surface area contributed by atoms with Gasteiger partial charge in [0.25, 0.3) is 10.0 Å². The minimum absolute atomic E-state index is 0.0444. The molecule has 2 aromatic carbocycles. The Bertz CT molecular complexity index is 1560. The molecule has 7 nitrogen and oxygen atoms in total. The Balaban J connectivity index is 2.03. The topological polar surface area (TPSA) is 96.1 Å². The van der Waals surface area contributed by atoms with Crippen molar-refractivity contribution in [2.75, 3.05) is 14.1 Å². The Hall–Kier alpha value is -4.22. The van der Waals surface area contributed by atoms with Crippen molar-refractivity contribution in [3.05, 3.63) is 96.0 Å². The summed E-state index contributed by atoms with van der Waals surface area (Å²) in [5.74, 6) is -0.678. The van der Waals surface area contributed by atoms with Gasteiger partial charge < -0.3 is 4.90 Å². The summed E-state index contributed by atoms with van der Waals surface area (Å²) in [5, 5.41) is 10.1. The first-order valence-corrected chi connectivity index (χ1v) is 11.9. The molecule has 0 saturated carbocycles. The highest BCUT2D eigenvalue weighted by molar-refractivity contribution is 7.90. The van der Waals surface area contributed by atoms with Gasteiger partial charge in [-0.15, -0.1) is 0 Å². The molecule has 0 aliphatic rings. The highest BCUT2D eigenvalue weighted by atomic mass is 32.2. The lowest BCUT2D eigenvalue weighted by Crippen LogP contribution is -2.20. The fourth-order valence-corrected chi connectivity index (χ4v) is 5.14. The van der Waals surface area contributed by atoms with Crippen molar-refractivity contribution < 1.29 is 13.2 Å². The molecule has 4 aromatic rings. The van der Waals surface area contributed by atoms with E-state index in [1.807, 2.05) is 31.2 Å².